The zero-order valence-corrected chi connectivity index (χ0v) is 10.9. The van der Waals surface area contributed by atoms with Crippen molar-refractivity contribution in [3.8, 4) is 0 Å². The van der Waals surface area contributed by atoms with Gasteiger partial charge in [0.25, 0.3) is 0 Å². The number of benzene rings is 1. The van der Waals surface area contributed by atoms with Gasteiger partial charge in [-0.3, -0.25) is 4.90 Å². The van der Waals surface area contributed by atoms with Gasteiger partial charge in [-0.15, -0.1) is 0 Å². The van der Waals surface area contributed by atoms with Crippen LogP contribution in [-0.2, 0) is 0 Å². The van der Waals surface area contributed by atoms with Crippen LogP contribution in [0.25, 0.3) is 0 Å². The number of piperazine rings is 1. The Kier molecular flexibility index (Phi) is 3.41. The first-order valence-corrected chi connectivity index (χ1v) is 6.18. The van der Waals surface area contributed by atoms with Crippen LogP contribution in [-0.4, -0.2) is 37.1 Å². The molecule has 2 nitrogen and oxygen atoms in total. The lowest BCUT2D eigenvalue weighted by molar-refractivity contribution is 0.170. The van der Waals surface area contributed by atoms with E-state index in [1.165, 1.54) is 5.69 Å². The van der Waals surface area contributed by atoms with Crippen molar-refractivity contribution in [1.29, 1.82) is 0 Å². The largest absolute Gasteiger partial charge is 0.368 e. The van der Waals surface area contributed by atoms with E-state index in [2.05, 4.69) is 36.8 Å². The van der Waals surface area contributed by atoms with Gasteiger partial charge < -0.3 is 4.90 Å². The minimum Gasteiger partial charge on any atom is -0.368 e. The van der Waals surface area contributed by atoms with E-state index in [4.69, 9.17) is 11.6 Å². The molecule has 0 amide bonds. The second-order valence-electron chi connectivity index (χ2n) is 4.75. The van der Waals surface area contributed by atoms with Crippen LogP contribution in [0, 0.1) is 0 Å². The van der Waals surface area contributed by atoms with Gasteiger partial charge in [0.05, 0.1) is 0 Å². The van der Waals surface area contributed by atoms with Crippen molar-refractivity contribution in [2.75, 3.05) is 25.0 Å². The van der Waals surface area contributed by atoms with Gasteiger partial charge in [0.15, 0.2) is 0 Å². The van der Waals surface area contributed by atoms with Gasteiger partial charge in [0.2, 0.25) is 0 Å². The first-order valence-electron chi connectivity index (χ1n) is 5.80. The molecule has 1 aromatic rings. The van der Waals surface area contributed by atoms with E-state index < -0.39 is 0 Å². The molecule has 2 rings (SSSR count). The van der Waals surface area contributed by atoms with Crippen molar-refractivity contribution in [2.45, 2.75) is 25.9 Å². The third kappa shape index (κ3) is 2.33. The van der Waals surface area contributed by atoms with E-state index in [0.29, 0.717) is 12.1 Å². The molecule has 1 heterocycles. The van der Waals surface area contributed by atoms with Crippen LogP contribution >= 0.6 is 11.6 Å². The van der Waals surface area contributed by atoms with Gasteiger partial charge >= 0.3 is 0 Å². The van der Waals surface area contributed by atoms with Crippen molar-refractivity contribution in [3.63, 3.8) is 0 Å². The zero-order valence-electron chi connectivity index (χ0n) is 10.2. The lowest BCUT2D eigenvalue weighted by atomic mass is 10.1. The average Bonchev–Trinajstić information content (AvgIpc) is 2.25. The molecule has 0 aliphatic carbocycles. The highest BCUT2D eigenvalue weighted by molar-refractivity contribution is 6.30. The molecule has 0 saturated carbocycles. The zero-order chi connectivity index (χ0) is 11.7. The molecule has 3 heteroatoms. The second kappa shape index (κ2) is 4.64. The van der Waals surface area contributed by atoms with E-state index in [-0.39, 0.29) is 0 Å². The van der Waals surface area contributed by atoms with Crippen molar-refractivity contribution < 1.29 is 0 Å². The maximum absolute atomic E-state index is 6.03. The van der Waals surface area contributed by atoms with Crippen molar-refractivity contribution in [1.82, 2.24) is 4.90 Å². The Balaban J connectivity index is 2.17. The molecule has 16 heavy (non-hydrogen) atoms. The van der Waals surface area contributed by atoms with E-state index in [9.17, 15) is 0 Å². The number of likely N-dealkylation sites (N-methyl/N-ethyl adjacent to an activating group) is 1. The first-order chi connectivity index (χ1) is 7.58. The molecule has 0 unspecified atom stereocenters. The molecule has 1 aliphatic heterocycles. The SMILES string of the molecule is C[C@@H]1CN(c2cccc(Cl)c2)C[C@H](C)N1C. The van der Waals surface area contributed by atoms with Crippen LogP contribution in [0.5, 0.6) is 0 Å². The summed E-state index contributed by atoms with van der Waals surface area (Å²) in [7, 11) is 2.20. The number of hydrogen-bond donors (Lipinski definition) is 0. The highest BCUT2D eigenvalue weighted by Gasteiger charge is 2.26. The third-order valence-electron chi connectivity index (χ3n) is 3.53. The molecule has 0 radical (unpaired) electrons. The molecule has 1 fully saturated rings. The Hall–Kier alpha value is -0.730. The van der Waals surface area contributed by atoms with E-state index >= 15 is 0 Å². The Morgan fingerprint density at radius 1 is 1.19 bits per heavy atom. The van der Waals surface area contributed by atoms with Crippen molar-refractivity contribution >= 4 is 17.3 Å². The molecule has 1 aliphatic rings. The summed E-state index contributed by atoms with van der Waals surface area (Å²) in [5.74, 6) is 0. The maximum atomic E-state index is 6.03. The summed E-state index contributed by atoms with van der Waals surface area (Å²) in [6.07, 6.45) is 0. The highest BCUT2D eigenvalue weighted by atomic mass is 35.5. The summed E-state index contributed by atoms with van der Waals surface area (Å²) >= 11 is 6.03. The number of anilines is 1. The lowest BCUT2D eigenvalue weighted by Gasteiger charge is -2.43. The quantitative estimate of drug-likeness (QED) is 0.743. The summed E-state index contributed by atoms with van der Waals surface area (Å²) in [6, 6.07) is 9.30. The molecule has 0 bridgehead atoms. The van der Waals surface area contributed by atoms with Crippen LogP contribution in [0.15, 0.2) is 24.3 Å². The lowest BCUT2D eigenvalue weighted by Crippen LogP contribution is -2.55. The predicted molar refractivity (Wildman–Crippen MR) is 70.4 cm³/mol. The molecule has 1 aromatic carbocycles. The van der Waals surface area contributed by atoms with Crippen molar-refractivity contribution in [2.24, 2.45) is 0 Å². The van der Waals surface area contributed by atoms with Gasteiger partial charge in [-0.2, -0.15) is 0 Å². The normalized spacial score (nSPS) is 27.1. The minimum absolute atomic E-state index is 0.586. The van der Waals surface area contributed by atoms with Gasteiger partial charge in [-0.1, -0.05) is 17.7 Å². The van der Waals surface area contributed by atoms with Crippen LogP contribution in [0.2, 0.25) is 5.02 Å². The first kappa shape index (κ1) is 11.7. The van der Waals surface area contributed by atoms with Crippen LogP contribution < -0.4 is 4.90 Å². The molecular weight excluding hydrogens is 220 g/mol. The van der Waals surface area contributed by atoms with Gasteiger partial charge in [-0.05, 0) is 39.1 Å². The topological polar surface area (TPSA) is 6.48 Å². The highest BCUT2D eigenvalue weighted by Crippen LogP contribution is 2.23. The van der Waals surface area contributed by atoms with Crippen LogP contribution in [0.1, 0.15) is 13.8 Å². The number of halogens is 1. The average molecular weight is 239 g/mol. The summed E-state index contributed by atoms with van der Waals surface area (Å²) in [5.41, 5.74) is 1.24. The van der Waals surface area contributed by atoms with Crippen LogP contribution in [0.3, 0.4) is 0 Å². The smallest absolute Gasteiger partial charge is 0.0426 e. The Morgan fingerprint density at radius 2 is 1.81 bits per heavy atom. The monoisotopic (exact) mass is 238 g/mol. The van der Waals surface area contributed by atoms with Crippen molar-refractivity contribution in [3.05, 3.63) is 29.3 Å². The van der Waals surface area contributed by atoms with Crippen LogP contribution in [0.4, 0.5) is 5.69 Å². The molecule has 88 valence electrons. The van der Waals surface area contributed by atoms with Gasteiger partial charge in [-0.25, -0.2) is 0 Å². The summed E-state index contributed by atoms with van der Waals surface area (Å²) in [4.78, 5) is 4.85. The molecule has 0 N–H and O–H groups in total. The molecule has 0 spiro atoms. The van der Waals surface area contributed by atoms with Gasteiger partial charge in [0, 0.05) is 35.9 Å². The molecule has 1 saturated heterocycles. The number of hydrogen-bond acceptors (Lipinski definition) is 2. The fourth-order valence-corrected chi connectivity index (χ4v) is 2.47. The fourth-order valence-electron chi connectivity index (χ4n) is 2.29. The van der Waals surface area contributed by atoms with Gasteiger partial charge in [0.1, 0.15) is 0 Å². The Bertz CT molecular complexity index is 355. The third-order valence-corrected chi connectivity index (χ3v) is 3.77. The molecule has 0 aromatic heterocycles. The van der Waals surface area contributed by atoms with E-state index in [1.54, 1.807) is 0 Å². The summed E-state index contributed by atoms with van der Waals surface area (Å²) in [6.45, 7) is 6.68. The minimum atomic E-state index is 0.586. The summed E-state index contributed by atoms with van der Waals surface area (Å²) in [5, 5.41) is 0.816. The Morgan fingerprint density at radius 3 is 2.38 bits per heavy atom. The summed E-state index contributed by atoms with van der Waals surface area (Å²) < 4.78 is 0. The predicted octanol–water partition coefficient (Wildman–Crippen LogP) is 2.87. The standard InChI is InChI=1S/C13H19ClN2/c1-10-8-16(9-11(2)15(10)3)13-6-4-5-12(14)7-13/h4-7,10-11H,8-9H2,1-3H3/t10-,11+. The number of nitrogens with zero attached hydrogens (tertiary/aromatic N) is 2. The van der Waals surface area contributed by atoms with E-state index in [1.807, 2.05) is 18.2 Å². The van der Waals surface area contributed by atoms with E-state index in [0.717, 1.165) is 18.1 Å². The maximum Gasteiger partial charge on any atom is 0.0426 e. The Labute approximate surface area is 103 Å². The molecule has 2 atom stereocenters. The number of rotatable bonds is 1. The molecular formula is C13H19ClN2. The second-order valence-corrected chi connectivity index (χ2v) is 5.18. The fraction of sp³-hybridized carbons (Fsp3) is 0.538.